The van der Waals surface area contributed by atoms with Gasteiger partial charge < -0.3 is 14.4 Å². The van der Waals surface area contributed by atoms with Crippen molar-refractivity contribution in [1.82, 2.24) is 10.1 Å². The predicted octanol–water partition coefficient (Wildman–Crippen LogP) is 1.65. The lowest BCUT2D eigenvalue weighted by molar-refractivity contribution is -0.697. The highest BCUT2D eigenvalue weighted by Gasteiger charge is 2.06. The zero-order chi connectivity index (χ0) is 17.6. The highest BCUT2D eigenvalue weighted by molar-refractivity contribution is 8.13. The van der Waals surface area contributed by atoms with Crippen molar-refractivity contribution in [2.75, 3.05) is 19.5 Å². The second kappa shape index (κ2) is 12.5. The van der Waals surface area contributed by atoms with E-state index in [-0.39, 0.29) is 5.12 Å². The van der Waals surface area contributed by atoms with Crippen LogP contribution in [0.25, 0.3) is 0 Å². The van der Waals surface area contributed by atoms with Crippen molar-refractivity contribution in [3.63, 3.8) is 0 Å². The van der Waals surface area contributed by atoms with E-state index in [1.54, 1.807) is 0 Å². The maximum Gasteiger partial charge on any atom is 0.227 e. The average molecular weight is 354 g/mol. The number of thioether (sulfide) groups is 1. The van der Waals surface area contributed by atoms with Gasteiger partial charge in [-0.25, -0.2) is 4.57 Å². The minimum absolute atomic E-state index is 0.108. The fraction of sp³-hybridized carbons (Fsp3) is 0.500. The lowest BCUT2D eigenvalue weighted by atomic mass is 10.4. The zero-order valence-electron chi connectivity index (χ0n) is 14.1. The number of ether oxygens (including phenoxy) is 1. The number of rotatable bonds is 9. The monoisotopic (exact) mass is 354 g/mol. The Morgan fingerprint density at radius 1 is 1.38 bits per heavy atom. The van der Waals surface area contributed by atoms with Gasteiger partial charge in [-0.3, -0.25) is 4.79 Å². The molecule has 0 amide bonds. The predicted molar refractivity (Wildman–Crippen MR) is 90.6 cm³/mol. The third-order valence-electron chi connectivity index (χ3n) is 2.90. The molecule has 0 aliphatic rings. The van der Waals surface area contributed by atoms with Gasteiger partial charge in [0.05, 0.1) is 13.0 Å². The molecule has 24 heavy (non-hydrogen) atoms. The topological polar surface area (TPSA) is 89.3 Å². The normalized spacial score (nSPS) is 9.96. The van der Waals surface area contributed by atoms with Crippen molar-refractivity contribution in [2.24, 2.45) is 0 Å². The summed E-state index contributed by atoms with van der Waals surface area (Å²) in [5, 5.41) is 10.6. The third-order valence-corrected chi connectivity index (χ3v) is 3.84. The second-order valence-corrected chi connectivity index (χ2v) is 5.83. The Morgan fingerprint density at radius 3 is 2.75 bits per heavy atom. The molecular formula is C16H24N3O4S+. The molecule has 2 heterocycles. The van der Waals surface area contributed by atoms with Gasteiger partial charge in [-0.2, -0.15) is 4.98 Å². The SMILES string of the molecule is CCC[n+]1ccc(OCCC(=O)SCCc2ncno2)cc1.CO. The van der Waals surface area contributed by atoms with E-state index in [4.69, 9.17) is 14.4 Å². The van der Waals surface area contributed by atoms with Crippen molar-refractivity contribution < 1.29 is 23.7 Å². The van der Waals surface area contributed by atoms with E-state index in [0.29, 0.717) is 31.1 Å². The summed E-state index contributed by atoms with van der Waals surface area (Å²) < 4.78 is 12.5. The molecule has 0 saturated carbocycles. The van der Waals surface area contributed by atoms with E-state index in [1.807, 2.05) is 24.5 Å². The molecule has 0 fully saturated rings. The number of pyridine rings is 1. The number of aliphatic hydroxyl groups is 1. The number of hydrogen-bond donors (Lipinski definition) is 1. The van der Waals surface area contributed by atoms with Crippen molar-refractivity contribution in [1.29, 1.82) is 0 Å². The fourth-order valence-electron chi connectivity index (χ4n) is 1.83. The number of aromatic nitrogens is 3. The number of aliphatic hydroxyl groups excluding tert-OH is 1. The highest BCUT2D eigenvalue weighted by atomic mass is 32.2. The van der Waals surface area contributed by atoms with Crippen LogP contribution in [0.5, 0.6) is 5.75 Å². The molecule has 2 rings (SSSR count). The van der Waals surface area contributed by atoms with Gasteiger partial charge in [0, 0.05) is 37.8 Å². The number of nitrogens with zero attached hydrogens (tertiary/aromatic N) is 3. The minimum atomic E-state index is 0.108. The molecule has 0 aliphatic heterocycles. The summed E-state index contributed by atoms with van der Waals surface area (Å²) in [5.41, 5.74) is 0. The first-order valence-electron chi connectivity index (χ1n) is 7.75. The molecule has 0 bridgehead atoms. The van der Waals surface area contributed by atoms with Gasteiger partial charge in [-0.15, -0.1) is 0 Å². The van der Waals surface area contributed by atoms with E-state index < -0.39 is 0 Å². The Hall–Kier alpha value is -1.93. The zero-order valence-corrected chi connectivity index (χ0v) is 14.9. The van der Waals surface area contributed by atoms with E-state index in [2.05, 4.69) is 21.6 Å². The lowest BCUT2D eigenvalue weighted by Gasteiger charge is -2.04. The Balaban J connectivity index is 0.00000139. The van der Waals surface area contributed by atoms with Crippen LogP contribution in [0.3, 0.4) is 0 Å². The van der Waals surface area contributed by atoms with Crippen molar-refractivity contribution in [3.8, 4) is 5.75 Å². The molecule has 0 radical (unpaired) electrons. The van der Waals surface area contributed by atoms with Gasteiger partial charge in [0.2, 0.25) is 5.89 Å². The second-order valence-electron chi connectivity index (χ2n) is 4.68. The lowest BCUT2D eigenvalue weighted by Crippen LogP contribution is -2.31. The van der Waals surface area contributed by atoms with Crippen molar-refractivity contribution in [2.45, 2.75) is 32.7 Å². The molecule has 132 valence electrons. The van der Waals surface area contributed by atoms with E-state index in [1.165, 1.54) is 18.1 Å². The maximum absolute atomic E-state index is 11.7. The molecule has 0 unspecified atom stereocenters. The molecule has 0 spiro atoms. The Morgan fingerprint density at radius 2 is 2.12 bits per heavy atom. The summed E-state index contributed by atoms with van der Waals surface area (Å²) in [5.74, 6) is 1.99. The van der Waals surface area contributed by atoms with E-state index >= 15 is 0 Å². The first kappa shape index (κ1) is 20.1. The fourth-order valence-corrected chi connectivity index (χ4v) is 2.56. The smallest absolute Gasteiger partial charge is 0.227 e. The van der Waals surface area contributed by atoms with Crippen LogP contribution in [-0.2, 0) is 17.8 Å². The molecule has 7 nitrogen and oxygen atoms in total. The number of hydrogen-bond acceptors (Lipinski definition) is 7. The maximum atomic E-state index is 11.7. The average Bonchev–Trinajstić information content (AvgIpc) is 3.12. The van der Waals surface area contributed by atoms with E-state index in [9.17, 15) is 4.79 Å². The molecule has 8 heteroatoms. The van der Waals surface area contributed by atoms with Crippen LogP contribution in [-0.4, -0.2) is 39.8 Å². The van der Waals surface area contributed by atoms with Crippen LogP contribution >= 0.6 is 11.8 Å². The third kappa shape index (κ3) is 8.07. The first-order valence-corrected chi connectivity index (χ1v) is 8.74. The summed E-state index contributed by atoms with van der Waals surface area (Å²) >= 11 is 1.27. The van der Waals surface area contributed by atoms with Crippen LogP contribution in [0.4, 0.5) is 0 Å². The molecule has 0 saturated heterocycles. The van der Waals surface area contributed by atoms with Gasteiger partial charge in [-0.05, 0) is 0 Å². The Bertz CT molecular complexity index is 561. The van der Waals surface area contributed by atoms with Crippen LogP contribution < -0.4 is 9.30 Å². The summed E-state index contributed by atoms with van der Waals surface area (Å²) in [4.78, 5) is 15.6. The molecule has 0 atom stereocenters. The Labute approximate surface area is 146 Å². The van der Waals surface area contributed by atoms with Gasteiger partial charge in [-0.1, -0.05) is 23.8 Å². The molecular weight excluding hydrogens is 330 g/mol. The molecule has 0 aromatic carbocycles. The molecule has 2 aromatic rings. The Kier molecular flexibility index (Phi) is 10.5. The van der Waals surface area contributed by atoms with Crippen molar-refractivity contribution >= 4 is 16.9 Å². The molecule has 0 aliphatic carbocycles. The number of aryl methyl sites for hydroxylation is 2. The molecule has 2 aromatic heterocycles. The standard InChI is InChI=1S/C15H20N3O3S.CH4O/c1-2-7-18-8-3-13(4-9-18)20-10-5-15(19)22-11-6-14-16-12-17-21-14;1-2/h3-4,8-9,12H,2,5-7,10-11H2,1H3;2H,1H3/q+1;. The van der Waals surface area contributed by atoms with Crippen LogP contribution in [0.15, 0.2) is 35.4 Å². The quantitative estimate of drug-likeness (QED) is 0.685. The van der Waals surface area contributed by atoms with Crippen LogP contribution in [0, 0.1) is 0 Å². The summed E-state index contributed by atoms with van der Waals surface area (Å²) in [6.07, 6.45) is 7.42. The highest BCUT2D eigenvalue weighted by Crippen LogP contribution is 2.11. The first-order chi connectivity index (χ1) is 11.8. The number of carbonyl (C=O) groups excluding carboxylic acids is 1. The van der Waals surface area contributed by atoms with Gasteiger partial charge >= 0.3 is 0 Å². The van der Waals surface area contributed by atoms with Crippen molar-refractivity contribution in [3.05, 3.63) is 36.7 Å². The van der Waals surface area contributed by atoms with Gasteiger partial charge in [0.15, 0.2) is 23.8 Å². The van der Waals surface area contributed by atoms with E-state index in [0.717, 1.165) is 25.8 Å². The minimum Gasteiger partial charge on any atom is -0.493 e. The van der Waals surface area contributed by atoms with Gasteiger partial charge in [0.1, 0.15) is 12.3 Å². The summed E-state index contributed by atoms with van der Waals surface area (Å²) in [6, 6.07) is 3.84. The largest absolute Gasteiger partial charge is 0.493 e. The van der Waals surface area contributed by atoms with Gasteiger partial charge in [0.25, 0.3) is 0 Å². The van der Waals surface area contributed by atoms with Crippen LogP contribution in [0.2, 0.25) is 0 Å². The molecule has 1 N–H and O–H groups in total. The summed E-state index contributed by atoms with van der Waals surface area (Å²) in [7, 11) is 1.00. The number of carbonyl (C=O) groups is 1. The summed E-state index contributed by atoms with van der Waals surface area (Å²) in [6.45, 7) is 3.53. The van der Waals surface area contributed by atoms with Crippen LogP contribution in [0.1, 0.15) is 25.7 Å².